The second-order valence-corrected chi connectivity index (χ2v) is 7.09. The van der Waals surface area contributed by atoms with Gasteiger partial charge in [-0.2, -0.15) is 8.42 Å². The normalized spacial score (nSPS) is 11.4. The van der Waals surface area contributed by atoms with Crippen molar-refractivity contribution in [1.29, 1.82) is 0 Å². The standard InChI is InChI=1S/C19H13FN4O2S/c20-27(25,26)15-5-3-4-14(12-15)22-19-16-6-1-2-7-17(16)23-18(24-19)13-8-10-21-11-9-13/h1-12H,(H,22,23,24). The third kappa shape index (κ3) is 3.61. The molecule has 0 aliphatic carbocycles. The molecule has 0 fully saturated rings. The first-order valence-corrected chi connectivity index (χ1v) is 9.38. The highest BCUT2D eigenvalue weighted by Crippen LogP contribution is 2.28. The van der Waals surface area contributed by atoms with Gasteiger partial charge in [0.05, 0.1) is 5.52 Å². The summed E-state index contributed by atoms with van der Waals surface area (Å²) in [6.45, 7) is 0. The second-order valence-electron chi connectivity index (χ2n) is 5.74. The predicted molar refractivity (Wildman–Crippen MR) is 101 cm³/mol. The molecule has 0 saturated heterocycles. The highest BCUT2D eigenvalue weighted by molar-refractivity contribution is 7.86. The summed E-state index contributed by atoms with van der Waals surface area (Å²) in [7, 11) is -4.79. The minimum Gasteiger partial charge on any atom is -0.340 e. The Morgan fingerprint density at radius 1 is 0.889 bits per heavy atom. The molecule has 0 aliphatic heterocycles. The zero-order valence-electron chi connectivity index (χ0n) is 13.9. The second kappa shape index (κ2) is 6.73. The summed E-state index contributed by atoms with van der Waals surface area (Å²) in [5, 5.41) is 3.83. The zero-order valence-corrected chi connectivity index (χ0v) is 14.7. The minimum absolute atomic E-state index is 0.401. The number of para-hydroxylation sites is 1. The molecule has 4 aromatic rings. The lowest BCUT2D eigenvalue weighted by Gasteiger charge is -2.11. The molecule has 4 rings (SSSR count). The molecule has 0 bridgehead atoms. The lowest BCUT2D eigenvalue weighted by molar-refractivity contribution is 0.552. The van der Waals surface area contributed by atoms with Crippen LogP contribution in [0.2, 0.25) is 0 Å². The van der Waals surface area contributed by atoms with E-state index in [4.69, 9.17) is 0 Å². The molecule has 1 N–H and O–H groups in total. The molecule has 0 aliphatic rings. The average Bonchev–Trinajstić information content (AvgIpc) is 2.68. The van der Waals surface area contributed by atoms with Crippen LogP contribution in [-0.2, 0) is 10.2 Å². The van der Waals surface area contributed by atoms with Gasteiger partial charge in [0.25, 0.3) is 0 Å². The van der Waals surface area contributed by atoms with Crippen molar-refractivity contribution in [2.24, 2.45) is 0 Å². The molecular formula is C19H13FN4O2S. The Morgan fingerprint density at radius 3 is 2.44 bits per heavy atom. The highest BCUT2D eigenvalue weighted by atomic mass is 32.3. The predicted octanol–water partition coefficient (Wildman–Crippen LogP) is 4.09. The van der Waals surface area contributed by atoms with Crippen LogP contribution in [0.5, 0.6) is 0 Å². The van der Waals surface area contributed by atoms with Crippen molar-refractivity contribution in [3.8, 4) is 11.4 Å². The van der Waals surface area contributed by atoms with Crippen LogP contribution >= 0.6 is 0 Å². The molecule has 0 radical (unpaired) electrons. The highest BCUT2D eigenvalue weighted by Gasteiger charge is 2.14. The van der Waals surface area contributed by atoms with Crippen LogP contribution in [0, 0.1) is 0 Å². The number of halogens is 1. The van der Waals surface area contributed by atoms with Gasteiger partial charge in [-0.3, -0.25) is 4.98 Å². The summed E-state index contributed by atoms with van der Waals surface area (Å²) in [5.74, 6) is 0.980. The Bertz CT molecular complexity index is 1230. The van der Waals surface area contributed by atoms with Crippen LogP contribution in [-0.4, -0.2) is 23.4 Å². The van der Waals surface area contributed by atoms with Crippen LogP contribution in [0.15, 0.2) is 78.0 Å². The van der Waals surface area contributed by atoms with E-state index < -0.39 is 15.1 Å². The number of nitrogens with one attached hydrogen (secondary N) is 1. The first-order chi connectivity index (χ1) is 13.0. The molecule has 0 atom stereocenters. The number of fused-ring (bicyclic) bond motifs is 1. The average molecular weight is 380 g/mol. The fraction of sp³-hybridized carbons (Fsp3) is 0. The molecule has 8 heteroatoms. The van der Waals surface area contributed by atoms with Gasteiger partial charge < -0.3 is 5.32 Å². The first-order valence-electron chi connectivity index (χ1n) is 8.00. The largest absolute Gasteiger partial charge is 0.340 e. The Balaban J connectivity index is 1.84. The minimum atomic E-state index is -4.79. The van der Waals surface area contributed by atoms with Crippen molar-refractivity contribution in [2.45, 2.75) is 4.90 Å². The molecule has 0 unspecified atom stereocenters. The topological polar surface area (TPSA) is 84.8 Å². The van der Waals surface area contributed by atoms with Crippen molar-refractivity contribution in [3.05, 3.63) is 73.1 Å². The number of anilines is 2. The molecule has 27 heavy (non-hydrogen) atoms. The molecule has 2 heterocycles. The molecule has 2 aromatic heterocycles. The third-order valence-electron chi connectivity index (χ3n) is 3.92. The third-order valence-corrected chi connectivity index (χ3v) is 4.74. The maximum Gasteiger partial charge on any atom is 0.332 e. The number of aromatic nitrogens is 3. The van der Waals surface area contributed by atoms with Gasteiger partial charge in [0, 0.05) is 29.0 Å². The van der Waals surface area contributed by atoms with Gasteiger partial charge in [0.15, 0.2) is 5.82 Å². The van der Waals surface area contributed by atoms with Crippen molar-refractivity contribution >= 4 is 32.6 Å². The molecular weight excluding hydrogens is 367 g/mol. The summed E-state index contributed by atoms with van der Waals surface area (Å²) in [6, 6.07) is 16.5. The zero-order chi connectivity index (χ0) is 18.9. The van der Waals surface area contributed by atoms with Crippen molar-refractivity contribution in [3.63, 3.8) is 0 Å². The van der Waals surface area contributed by atoms with Crippen LogP contribution in [0.1, 0.15) is 0 Å². The Labute approximate surface area is 155 Å². The van der Waals surface area contributed by atoms with Crippen molar-refractivity contribution in [2.75, 3.05) is 5.32 Å². The number of hydrogen-bond donors (Lipinski definition) is 1. The fourth-order valence-corrected chi connectivity index (χ4v) is 3.17. The summed E-state index contributed by atoms with van der Waals surface area (Å²) in [4.78, 5) is 12.7. The van der Waals surface area contributed by atoms with Crippen molar-refractivity contribution in [1.82, 2.24) is 15.0 Å². The number of rotatable bonds is 4. The van der Waals surface area contributed by atoms with E-state index in [1.54, 1.807) is 30.6 Å². The van der Waals surface area contributed by atoms with Gasteiger partial charge in [0.1, 0.15) is 10.7 Å². The fourth-order valence-electron chi connectivity index (χ4n) is 2.66. The van der Waals surface area contributed by atoms with Gasteiger partial charge in [-0.05, 0) is 42.5 Å². The first kappa shape index (κ1) is 17.0. The van der Waals surface area contributed by atoms with E-state index in [1.807, 2.05) is 24.3 Å². The summed E-state index contributed by atoms with van der Waals surface area (Å²) in [6.07, 6.45) is 3.30. The lowest BCUT2D eigenvalue weighted by Crippen LogP contribution is -2.00. The molecule has 0 amide bonds. The maximum absolute atomic E-state index is 13.3. The van der Waals surface area contributed by atoms with E-state index in [1.165, 1.54) is 18.2 Å². The van der Waals surface area contributed by atoms with E-state index in [0.29, 0.717) is 17.3 Å². The van der Waals surface area contributed by atoms with E-state index in [9.17, 15) is 12.3 Å². The molecule has 0 spiro atoms. The van der Waals surface area contributed by atoms with Gasteiger partial charge in [-0.25, -0.2) is 9.97 Å². The van der Waals surface area contributed by atoms with Crippen molar-refractivity contribution < 1.29 is 12.3 Å². The SMILES string of the molecule is O=S(=O)(F)c1cccc(Nc2nc(-c3ccncc3)nc3ccccc23)c1. The molecule has 6 nitrogen and oxygen atoms in total. The maximum atomic E-state index is 13.3. The summed E-state index contributed by atoms with van der Waals surface area (Å²) >= 11 is 0. The van der Waals surface area contributed by atoms with Gasteiger partial charge in [-0.15, -0.1) is 3.89 Å². The van der Waals surface area contributed by atoms with E-state index in [-0.39, 0.29) is 0 Å². The Morgan fingerprint density at radius 2 is 1.67 bits per heavy atom. The molecule has 134 valence electrons. The lowest BCUT2D eigenvalue weighted by atomic mass is 10.2. The van der Waals surface area contributed by atoms with Gasteiger partial charge in [0.2, 0.25) is 0 Å². The van der Waals surface area contributed by atoms with E-state index in [0.717, 1.165) is 16.5 Å². The van der Waals surface area contributed by atoms with Crippen LogP contribution < -0.4 is 5.32 Å². The smallest absolute Gasteiger partial charge is 0.332 e. The molecule has 0 saturated carbocycles. The number of benzene rings is 2. The Kier molecular flexibility index (Phi) is 4.25. The summed E-state index contributed by atoms with van der Waals surface area (Å²) in [5.41, 5.74) is 1.91. The van der Waals surface area contributed by atoms with Crippen LogP contribution in [0.25, 0.3) is 22.3 Å². The van der Waals surface area contributed by atoms with E-state index >= 15 is 0 Å². The number of nitrogens with zero attached hydrogens (tertiary/aromatic N) is 3. The summed E-state index contributed by atoms with van der Waals surface area (Å²) < 4.78 is 35.6. The van der Waals surface area contributed by atoms with Gasteiger partial charge in [-0.1, -0.05) is 18.2 Å². The van der Waals surface area contributed by atoms with E-state index in [2.05, 4.69) is 20.3 Å². The Hall–Kier alpha value is -3.39. The van der Waals surface area contributed by atoms with Crippen LogP contribution in [0.4, 0.5) is 15.4 Å². The number of hydrogen-bond acceptors (Lipinski definition) is 6. The monoisotopic (exact) mass is 380 g/mol. The van der Waals surface area contributed by atoms with Crippen LogP contribution in [0.3, 0.4) is 0 Å². The quantitative estimate of drug-likeness (QED) is 0.537. The number of pyridine rings is 1. The molecule has 2 aromatic carbocycles. The van der Waals surface area contributed by atoms with Gasteiger partial charge >= 0.3 is 10.2 Å².